The fourth-order valence-corrected chi connectivity index (χ4v) is 3.41. The van der Waals surface area contributed by atoms with E-state index in [2.05, 4.69) is 0 Å². The van der Waals surface area contributed by atoms with E-state index in [4.69, 9.17) is 9.84 Å². The van der Waals surface area contributed by atoms with Gasteiger partial charge in [-0.05, 0) is 24.6 Å². The maximum atomic E-state index is 12.3. The lowest BCUT2D eigenvalue weighted by molar-refractivity contribution is -0.140. The number of ether oxygens (including phenoxy) is 1. The Morgan fingerprint density at radius 1 is 1.40 bits per heavy atom. The smallest absolute Gasteiger partial charge is 0.303 e. The number of phenolic OH excluding ortho intramolecular Hbond substituents is 1. The molecule has 138 valence electrons. The normalized spacial score (nSPS) is 24.2. The second-order valence-electron chi connectivity index (χ2n) is 6.83. The van der Waals surface area contributed by atoms with E-state index in [0.717, 1.165) is 5.56 Å². The van der Waals surface area contributed by atoms with Crippen molar-refractivity contribution >= 4 is 11.9 Å². The van der Waals surface area contributed by atoms with Crippen molar-refractivity contribution in [3.63, 3.8) is 0 Å². The van der Waals surface area contributed by atoms with E-state index in [0.29, 0.717) is 18.8 Å². The number of aliphatic hydroxyl groups is 1. The van der Waals surface area contributed by atoms with Gasteiger partial charge in [-0.3, -0.25) is 9.59 Å². The van der Waals surface area contributed by atoms with Crippen LogP contribution in [0.2, 0.25) is 0 Å². The maximum Gasteiger partial charge on any atom is 0.303 e. The van der Waals surface area contributed by atoms with Crippen molar-refractivity contribution < 1.29 is 29.6 Å². The largest absolute Gasteiger partial charge is 0.504 e. The van der Waals surface area contributed by atoms with Crippen LogP contribution in [0.4, 0.5) is 0 Å². The summed E-state index contributed by atoms with van der Waals surface area (Å²) in [6, 6.07) is 5.06. The molecule has 1 aromatic carbocycles. The van der Waals surface area contributed by atoms with Crippen LogP contribution in [-0.4, -0.2) is 58.4 Å². The number of hydrogen-bond acceptors (Lipinski definition) is 5. The SMILES string of the molecule is COc1ccc([C@@H]2CN(C(=O)CCC(=O)O)C[C@@]2(C)[C@@H](C)O)cc1O. The number of aromatic hydroxyl groups is 1. The quantitative estimate of drug-likeness (QED) is 0.718. The van der Waals surface area contributed by atoms with E-state index < -0.39 is 17.5 Å². The number of likely N-dealkylation sites (tertiary alicyclic amines) is 1. The molecular formula is C18H25NO6. The van der Waals surface area contributed by atoms with Gasteiger partial charge in [-0.2, -0.15) is 0 Å². The molecule has 0 radical (unpaired) electrons. The Bertz CT molecular complexity index is 659. The summed E-state index contributed by atoms with van der Waals surface area (Å²) in [4.78, 5) is 24.6. The van der Waals surface area contributed by atoms with Crippen LogP contribution < -0.4 is 4.74 Å². The number of aliphatic hydroxyl groups excluding tert-OH is 1. The van der Waals surface area contributed by atoms with Crippen molar-refractivity contribution in [2.24, 2.45) is 5.41 Å². The molecule has 1 saturated heterocycles. The number of carbonyl (C=O) groups is 2. The summed E-state index contributed by atoms with van der Waals surface area (Å²) in [6.45, 7) is 4.28. The molecule has 0 spiro atoms. The summed E-state index contributed by atoms with van der Waals surface area (Å²) in [5.41, 5.74) is 0.204. The third-order valence-electron chi connectivity index (χ3n) is 5.20. The number of carboxylic acids is 1. The average molecular weight is 351 g/mol. The third-order valence-corrected chi connectivity index (χ3v) is 5.20. The van der Waals surface area contributed by atoms with E-state index >= 15 is 0 Å². The highest BCUT2D eigenvalue weighted by atomic mass is 16.5. The minimum absolute atomic E-state index is 0.00333. The number of rotatable bonds is 6. The number of aliphatic carboxylic acids is 1. The number of phenols is 1. The van der Waals surface area contributed by atoms with Crippen LogP contribution in [-0.2, 0) is 9.59 Å². The first-order chi connectivity index (χ1) is 11.7. The summed E-state index contributed by atoms with van der Waals surface area (Å²) in [6.07, 6.45) is -0.959. The predicted octanol–water partition coefficient (Wildman–Crippen LogP) is 1.58. The van der Waals surface area contributed by atoms with Gasteiger partial charge in [0.15, 0.2) is 11.5 Å². The minimum atomic E-state index is -1.01. The molecule has 7 heteroatoms. The van der Waals surface area contributed by atoms with E-state index in [1.807, 2.05) is 13.0 Å². The topological polar surface area (TPSA) is 107 Å². The first-order valence-corrected chi connectivity index (χ1v) is 8.23. The maximum absolute atomic E-state index is 12.3. The van der Waals surface area contributed by atoms with Crippen LogP contribution in [0.3, 0.4) is 0 Å². The second-order valence-corrected chi connectivity index (χ2v) is 6.83. The summed E-state index contributed by atoms with van der Waals surface area (Å²) >= 11 is 0. The number of carbonyl (C=O) groups excluding carboxylic acids is 1. The molecule has 1 aliphatic rings. The molecule has 7 nitrogen and oxygen atoms in total. The molecule has 1 amide bonds. The summed E-state index contributed by atoms with van der Waals surface area (Å²) in [5, 5.41) is 29.1. The number of nitrogens with zero attached hydrogens (tertiary/aromatic N) is 1. The number of hydrogen-bond donors (Lipinski definition) is 3. The van der Waals surface area contributed by atoms with Gasteiger partial charge >= 0.3 is 5.97 Å². The lowest BCUT2D eigenvalue weighted by Crippen LogP contribution is -2.38. The molecule has 1 heterocycles. The number of benzene rings is 1. The van der Waals surface area contributed by atoms with Crippen molar-refractivity contribution in [1.29, 1.82) is 0 Å². The first-order valence-electron chi connectivity index (χ1n) is 8.23. The van der Waals surface area contributed by atoms with E-state index in [-0.39, 0.29) is 30.4 Å². The van der Waals surface area contributed by atoms with Gasteiger partial charge in [-0.25, -0.2) is 0 Å². The molecule has 0 saturated carbocycles. The first kappa shape index (κ1) is 19.1. The fourth-order valence-electron chi connectivity index (χ4n) is 3.41. The molecule has 25 heavy (non-hydrogen) atoms. The Kier molecular flexibility index (Phi) is 5.57. The molecule has 2 rings (SSSR count). The molecule has 3 atom stereocenters. The monoisotopic (exact) mass is 351 g/mol. The summed E-state index contributed by atoms with van der Waals surface area (Å²) in [5.74, 6) is -1.08. The zero-order chi connectivity index (χ0) is 18.8. The Morgan fingerprint density at radius 3 is 2.60 bits per heavy atom. The van der Waals surface area contributed by atoms with Gasteiger partial charge in [-0.15, -0.1) is 0 Å². The molecule has 0 aliphatic carbocycles. The van der Waals surface area contributed by atoms with Gasteiger partial charge in [0.25, 0.3) is 0 Å². The van der Waals surface area contributed by atoms with Crippen molar-refractivity contribution in [1.82, 2.24) is 4.90 Å². The highest BCUT2D eigenvalue weighted by Gasteiger charge is 2.48. The second kappa shape index (κ2) is 7.31. The summed E-state index contributed by atoms with van der Waals surface area (Å²) in [7, 11) is 1.47. The number of carboxylic acid groups (broad SMARTS) is 1. The predicted molar refractivity (Wildman–Crippen MR) is 90.6 cm³/mol. The van der Waals surface area contributed by atoms with E-state index in [9.17, 15) is 19.8 Å². The molecule has 1 aliphatic heterocycles. The molecule has 3 N–H and O–H groups in total. The van der Waals surface area contributed by atoms with Gasteiger partial charge in [0.05, 0.1) is 19.6 Å². The molecule has 1 aromatic rings. The van der Waals surface area contributed by atoms with Crippen molar-refractivity contribution in [2.45, 2.75) is 38.7 Å². The van der Waals surface area contributed by atoms with E-state index in [1.165, 1.54) is 7.11 Å². The Balaban J connectivity index is 2.27. The molecule has 0 bridgehead atoms. The van der Waals surface area contributed by atoms with Crippen molar-refractivity contribution in [3.05, 3.63) is 23.8 Å². The lowest BCUT2D eigenvalue weighted by Gasteiger charge is -2.33. The highest BCUT2D eigenvalue weighted by molar-refractivity contribution is 5.81. The Hall–Kier alpha value is -2.28. The third kappa shape index (κ3) is 3.87. The van der Waals surface area contributed by atoms with Crippen molar-refractivity contribution in [3.8, 4) is 11.5 Å². The van der Waals surface area contributed by atoms with Gasteiger partial charge in [0.2, 0.25) is 5.91 Å². The van der Waals surface area contributed by atoms with Crippen LogP contribution in [0.5, 0.6) is 11.5 Å². The van der Waals surface area contributed by atoms with E-state index in [1.54, 1.807) is 24.0 Å². The van der Waals surface area contributed by atoms with Crippen LogP contribution in [0.15, 0.2) is 18.2 Å². The number of methoxy groups -OCH3 is 1. The lowest BCUT2D eigenvalue weighted by atomic mass is 9.72. The van der Waals surface area contributed by atoms with Crippen molar-refractivity contribution in [2.75, 3.05) is 20.2 Å². The fraction of sp³-hybridized carbons (Fsp3) is 0.556. The number of amides is 1. The Morgan fingerprint density at radius 2 is 2.08 bits per heavy atom. The van der Waals surface area contributed by atoms with Crippen LogP contribution in [0, 0.1) is 5.41 Å². The zero-order valence-corrected chi connectivity index (χ0v) is 14.7. The minimum Gasteiger partial charge on any atom is -0.504 e. The zero-order valence-electron chi connectivity index (χ0n) is 14.7. The van der Waals surface area contributed by atoms with Gasteiger partial charge in [0.1, 0.15) is 0 Å². The standard InChI is InChI=1S/C18H25NO6/c1-11(20)18(2)10-19(16(22)6-7-17(23)24)9-13(18)12-4-5-15(25-3)14(21)8-12/h4-5,8,11,13,20-21H,6-7,9-10H2,1-3H3,(H,23,24)/t11-,13+,18+/m1/s1. The van der Waals surface area contributed by atoms with Crippen LogP contribution >= 0.6 is 0 Å². The molecule has 1 fully saturated rings. The molecular weight excluding hydrogens is 326 g/mol. The average Bonchev–Trinajstić information content (AvgIpc) is 2.91. The molecule has 0 unspecified atom stereocenters. The van der Waals surface area contributed by atoms with Gasteiger partial charge in [-0.1, -0.05) is 13.0 Å². The van der Waals surface area contributed by atoms with Crippen LogP contribution in [0.25, 0.3) is 0 Å². The summed E-state index contributed by atoms with van der Waals surface area (Å²) < 4.78 is 5.06. The molecule has 0 aromatic heterocycles. The highest BCUT2D eigenvalue weighted by Crippen LogP contribution is 2.46. The van der Waals surface area contributed by atoms with Gasteiger partial charge in [0, 0.05) is 30.8 Å². The Labute approximate surface area is 146 Å². The van der Waals surface area contributed by atoms with Gasteiger partial charge < -0.3 is 25.0 Å². The van der Waals surface area contributed by atoms with Crippen LogP contribution in [0.1, 0.15) is 38.2 Å².